The van der Waals surface area contributed by atoms with Crippen LogP contribution in [-0.2, 0) is 0 Å². The number of aromatic amines is 1. The van der Waals surface area contributed by atoms with E-state index in [0.717, 1.165) is 11.5 Å². The van der Waals surface area contributed by atoms with E-state index in [2.05, 4.69) is 19.9 Å². The molecule has 7 nitrogen and oxygen atoms in total. The average molecular weight is 311 g/mol. The number of fused-ring (bicyclic) bond motifs is 1. The van der Waals surface area contributed by atoms with Crippen LogP contribution in [0.5, 0.6) is 6.01 Å². The maximum atomic E-state index is 12.0. The topological polar surface area (TPSA) is 84.0 Å². The van der Waals surface area contributed by atoms with Crippen LogP contribution in [0.25, 0.3) is 10.9 Å². The van der Waals surface area contributed by atoms with Crippen LogP contribution in [0.3, 0.4) is 0 Å². The smallest absolute Gasteiger partial charge is 0.297 e. The fourth-order valence-corrected chi connectivity index (χ4v) is 2.18. The van der Waals surface area contributed by atoms with Crippen LogP contribution in [0.1, 0.15) is 5.69 Å². The lowest BCUT2D eigenvalue weighted by molar-refractivity contribution is 0.300. The molecule has 2 aromatic heterocycles. The molecule has 0 fully saturated rings. The lowest BCUT2D eigenvalue weighted by Crippen LogP contribution is -2.25. The molecular formula is C16H17N5O2. The van der Waals surface area contributed by atoms with Crippen LogP contribution in [0.2, 0.25) is 0 Å². The summed E-state index contributed by atoms with van der Waals surface area (Å²) >= 11 is 0. The Morgan fingerprint density at radius 2 is 2.09 bits per heavy atom. The molecule has 2 heterocycles. The van der Waals surface area contributed by atoms with Crippen LogP contribution in [0, 0.1) is 6.92 Å². The van der Waals surface area contributed by atoms with Crippen LogP contribution in [-0.4, -0.2) is 40.1 Å². The maximum absolute atomic E-state index is 12.0. The number of likely N-dealkylation sites (N-methyl/N-ethyl adjacent to an activating group) is 1. The maximum Gasteiger partial charge on any atom is 0.297 e. The van der Waals surface area contributed by atoms with Crippen molar-refractivity contribution < 1.29 is 4.74 Å². The van der Waals surface area contributed by atoms with Crippen LogP contribution in [0.15, 0.2) is 41.5 Å². The molecule has 0 bridgehead atoms. The summed E-state index contributed by atoms with van der Waals surface area (Å²) in [6, 6.07) is 9.28. The number of hydrogen-bond donors (Lipinski definition) is 1. The Balaban J connectivity index is 1.66. The summed E-state index contributed by atoms with van der Waals surface area (Å²) in [7, 11) is 1.92. The summed E-state index contributed by atoms with van der Waals surface area (Å²) < 4.78 is 5.57. The highest BCUT2D eigenvalue weighted by Gasteiger charge is 2.06. The number of aromatic nitrogens is 4. The zero-order valence-corrected chi connectivity index (χ0v) is 13.0. The first kappa shape index (κ1) is 15.0. The van der Waals surface area contributed by atoms with Crippen LogP contribution < -0.4 is 15.2 Å². The van der Waals surface area contributed by atoms with Gasteiger partial charge in [-0.05, 0) is 19.1 Å². The van der Waals surface area contributed by atoms with Crippen LogP contribution in [0.4, 0.5) is 5.82 Å². The van der Waals surface area contributed by atoms with Gasteiger partial charge in [-0.1, -0.05) is 12.1 Å². The van der Waals surface area contributed by atoms with Crippen molar-refractivity contribution in [1.29, 1.82) is 0 Å². The van der Waals surface area contributed by atoms with Crippen LogP contribution >= 0.6 is 0 Å². The minimum absolute atomic E-state index is 0.203. The third-order valence-corrected chi connectivity index (χ3v) is 3.44. The number of H-pyrrole nitrogens is 1. The summed E-state index contributed by atoms with van der Waals surface area (Å²) in [5.41, 5.74) is 1.32. The summed E-state index contributed by atoms with van der Waals surface area (Å²) in [5.74, 6) is 0.820. The lowest BCUT2D eigenvalue weighted by Gasteiger charge is -2.18. The molecule has 0 radical (unpaired) electrons. The van der Waals surface area contributed by atoms with Gasteiger partial charge in [0.15, 0.2) is 0 Å². The Bertz CT molecular complexity index is 877. The van der Waals surface area contributed by atoms with Gasteiger partial charge in [0.25, 0.3) is 11.6 Å². The highest BCUT2D eigenvalue weighted by atomic mass is 16.5. The predicted octanol–water partition coefficient (Wildman–Crippen LogP) is 1.54. The predicted molar refractivity (Wildman–Crippen MR) is 87.9 cm³/mol. The average Bonchev–Trinajstić information content (AvgIpc) is 2.55. The Labute approximate surface area is 133 Å². The zero-order valence-electron chi connectivity index (χ0n) is 13.0. The molecule has 0 aliphatic heterocycles. The van der Waals surface area contributed by atoms with E-state index in [1.54, 1.807) is 18.2 Å². The second-order valence-electron chi connectivity index (χ2n) is 5.18. The van der Waals surface area contributed by atoms with Crippen molar-refractivity contribution in [3.8, 4) is 6.01 Å². The van der Waals surface area contributed by atoms with Crippen molar-refractivity contribution in [3.63, 3.8) is 0 Å². The number of nitrogens with zero attached hydrogens (tertiary/aromatic N) is 4. The van der Waals surface area contributed by atoms with Gasteiger partial charge < -0.3 is 9.64 Å². The fourth-order valence-electron chi connectivity index (χ4n) is 2.18. The van der Waals surface area contributed by atoms with E-state index in [9.17, 15) is 4.79 Å². The van der Waals surface area contributed by atoms with Gasteiger partial charge in [-0.15, -0.1) is 0 Å². The van der Waals surface area contributed by atoms with Gasteiger partial charge in [0.05, 0.1) is 17.4 Å². The van der Waals surface area contributed by atoms with Gasteiger partial charge in [-0.3, -0.25) is 9.78 Å². The number of hydrogen-bond acceptors (Lipinski definition) is 6. The van der Waals surface area contributed by atoms with Crippen molar-refractivity contribution in [2.75, 3.05) is 25.1 Å². The van der Waals surface area contributed by atoms with Gasteiger partial charge >= 0.3 is 0 Å². The van der Waals surface area contributed by atoms with Crippen molar-refractivity contribution in [2.45, 2.75) is 6.92 Å². The molecule has 1 aromatic carbocycles. The number of benzene rings is 1. The van der Waals surface area contributed by atoms with Crippen molar-refractivity contribution in [3.05, 3.63) is 52.7 Å². The Kier molecular flexibility index (Phi) is 4.18. The molecule has 7 heteroatoms. The molecule has 0 aliphatic rings. The third-order valence-electron chi connectivity index (χ3n) is 3.44. The molecule has 0 spiro atoms. The van der Waals surface area contributed by atoms with Gasteiger partial charge in [0, 0.05) is 18.8 Å². The zero-order chi connectivity index (χ0) is 16.2. The Morgan fingerprint density at radius 3 is 2.91 bits per heavy atom. The lowest BCUT2D eigenvalue weighted by atomic mass is 10.2. The number of anilines is 1. The normalized spacial score (nSPS) is 10.7. The first-order valence-corrected chi connectivity index (χ1v) is 7.25. The van der Waals surface area contributed by atoms with Crippen molar-refractivity contribution >= 4 is 16.7 Å². The third kappa shape index (κ3) is 3.45. The monoisotopic (exact) mass is 311 g/mol. The number of para-hydroxylation sites is 1. The number of aryl methyl sites for hydroxylation is 1. The first-order chi connectivity index (χ1) is 11.1. The standard InChI is InChI=1S/C16H17N5O2/c1-11-9-14(18-10-17-11)21(2)7-8-23-16-19-13-6-4-3-5-12(13)15(22)20-16/h3-6,9-10H,7-8H2,1-2H3,(H,19,20,22). The Morgan fingerprint density at radius 1 is 1.26 bits per heavy atom. The van der Waals surface area contributed by atoms with E-state index in [0.29, 0.717) is 24.1 Å². The largest absolute Gasteiger partial charge is 0.463 e. The molecule has 3 aromatic rings. The molecule has 0 saturated heterocycles. The SMILES string of the molecule is Cc1cc(N(C)CCOc2nc3ccccc3c(=O)[nH]2)ncn1. The number of ether oxygens (including phenoxy) is 1. The molecular weight excluding hydrogens is 294 g/mol. The van der Waals surface area contributed by atoms with E-state index in [-0.39, 0.29) is 11.6 Å². The van der Waals surface area contributed by atoms with Gasteiger partial charge in [0.1, 0.15) is 18.8 Å². The molecule has 1 N–H and O–H groups in total. The quantitative estimate of drug-likeness (QED) is 0.769. The van der Waals surface area contributed by atoms with E-state index >= 15 is 0 Å². The highest BCUT2D eigenvalue weighted by molar-refractivity contribution is 5.77. The first-order valence-electron chi connectivity index (χ1n) is 7.25. The van der Waals surface area contributed by atoms with Gasteiger partial charge in [-0.25, -0.2) is 9.97 Å². The van der Waals surface area contributed by atoms with E-state index in [4.69, 9.17) is 4.74 Å². The molecule has 3 rings (SSSR count). The minimum Gasteiger partial charge on any atom is -0.463 e. The molecule has 118 valence electrons. The molecule has 0 saturated carbocycles. The molecule has 0 aliphatic carbocycles. The molecule has 0 amide bonds. The second-order valence-corrected chi connectivity index (χ2v) is 5.18. The van der Waals surface area contributed by atoms with E-state index in [1.807, 2.05) is 31.0 Å². The fraction of sp³-hybridized carbons (Fsp3) is 0.250. The molecule has 23 heavy (non-hydrogen) atoms. The highest BCUT2D eigenvalue weighted by Crippen LogP contribution is 2.10. The molecule has 0 unspecified atom stereocenters. The van der Waals surface area contributed by atoms with E-state index < -0.39 is 0 Å². The number of rotatable bonds is 5. The summed E-state index contributed by atoms with van der Waals surface area (Å²) in [6.07, 6.45) is 1.53. The van der Waals surface area contributed by atoms with Crippen molar-refractivity contribution in [1.82, 2.24) is 19.9 Å². The summed E-state index contributed by atoms with van der Waals surface area (Å²) in [5, 5.41) is 0.549. The van der Waals surface area contributed by atoms with Gasteiger partial charge in [-0.2, -0.15) is 4.98 Å². The van der Waals surface area contributed by atoms with E-state index in [1.165, 1.54) is 6.33 Å². The second kappa shape index (κ2) is 6.43. The summed E-state index contributed by atoms with van der Waals surface area (Å²) in [4.78, 5) is 29.1. The van der Waals surface area contributed by atoms with Crippen molar-refractivity contribution in [2.24, 2.45) is 0 Å². The molecule has 0 atom stereocenters. The Hall–Kier alpha value is -2.96. The number of nitrogens with one attached hydrogen (secondary N) is 1. The van der Waals surface area contributed by atoms with Gasteiger partial charge in [0.2, 0.25) is 0 Å². The summed E-state index contributed by atoms with van der Waals surface area (Å²) in [6.45, 7) is 2.90. The minimum atomic E-state index is -0.203.